The van der Waals surface area contributed by atoms with Gasteiger partial charge in [0, 0.05) is 17.0 Å². The van der Waals surface area contributed by atoms with Gasteiger partial charge < -0.3 is 0 Å². The minimum atomic E-state index is 0.701. The molecule has 1 aromatic heterocycles. The first-order chi connectivity index (χ1) is 8.34. The Morgan fingerprint density at radius 2 is 1.82 bits per heavy atom. The molecule has 17 heavy (non-hydrogen) atoms. The lowest BCUT2D eigenvalue weighted by atomic mass is 9.93. The summed E-state index contributed by atoms with van der Waals surface area (Å²) in [4.78, 5) is 4.86. The average Bonchev–Trinajstić information content (AvgIpc) is 2.40. The molecule has 0 spiro atoms. The van der Waals surface area contributed by atoms with Crippen molar-refractivity contribution in [3.05, 3.63) is 41.6 Å². The highest BCUT2D eigenvalue weighted by Gasteiger charge is 2.17. The van der Waals surface area contributed by atoms with Crippen LogP contribution in [0.25, 0.3) is 10.9 Å². The van der Waals surface area contributed by atoms with Crippen molar-refractivity contribution in [2.75, 3.05) is 0 Å². The summed E-state index contributed by atoms with van der Waals surface area (Å²) in [6.07, 6.45) is 6.80. The molecule has 0 aliphatic heterocycles. The lowest BCUT2D eigenvalue weighted by Crippen LogP contribution is -2.07. The standard InChI is InChI=1S/C16H19N/c1-12-11-16(13-7-3-2-4-8-13)17-15-10-6-5-9-14(12)15/h5-6,9-11,13H,2-4,7-8H2,1H3/i16+1. The van der Waals surface area contributed by atoms with Gasteiger partial charge in [-0.3, -0.25) is 4.98 Å². The van der Waals surface area contributed by atoms with Crippen LogP contribution < -0.4 is 0 Å². The highest BCUT2D eigenvalue weighted by atomic mass is 14.9. The Balaban J connectivity index is 2.05. The van der Waals surface area contributed by atoms with Gasteiger partial charge in [0.2, 0.25) is 0 Å². The Morgan fingerprint density at radius 1 is 1.06 bits per heavy atom. The van der Waals surface area contributed by atoms with E-state index in [9.17, 15) is 0 Å². The van der Waals surface area contributed by atoms with Crippen LogP contribution in [0.3, 0.4) is 0 Å². The lowest BCUT2D eigenvalue weighted by Gasteiger charge is -2.21. The van der Waals surface area contributed by atoms with Crippen molar-refractivity contribution < 1.29 is 0 Å². The van der Waals surface area contributed by atoms with Crippen LogP contribution in [0.5, 0.6) is 0 Å². The number of hydrogen-bond acceptors (Lipinski definition) is 1. The summed E-state index contributed by atoms with van der Waals surface area (Å²) in [6.45, 7) is 2.20. The fraction of sp³-hybridized carbons (Fsp3) is 0.438. The number of para-hydroxylation sites is 1. The molecule has 0 bridgehead atoms. The van der Waals surface area contributed by atoms with Gasteiger partial charge in [0.15, 0.2) is 0 Å². The van der Waals surface area contributed by atoms with Crippen LogP contribution in [-0.4, -0.2) is 4.98 Å². The molecule has 0 saturated heterocycles. The monoisotopic (exact) mass is 226 g/mol. The largest absolute Gasteiger partial charge is 0.253 e. The summed E-state index contributed by atoms with van der Waals surface area (Å²) >= 11 is 0. The number of aromatic nitrogens is 1. The van der Waals surface area contributed by atoms with Crippen LogP contribution in [-0.2, 0) is 0 Å². The lowest BCUT2D eigenvalue weighted by molar-refractivity contribution is 0.437. The first kappa shape index (κ1) is 10.8. The van der Waals surface area contributed by atoms with Gasteiger partial charge in [-0.05, 0) is 37.5 Å². The Hall–Kier alpha value is -1.37. The number of benzene rings is 1. The number of hydrogen-bond donors (Lipinski definition) is 0. The van der Waals surface area contributed by atoms with Gasteiger partial charge in [-0.2, -0.15) is 0 Å². The summed E-state index contributed by atoms with van der Waals surface area (Å²) in [5.74, 6) is 0.701. The Bertz CT molecular complexity index is 524. The van der Waals surface area contributed by atoms with Crippen LogP contribution in [0.15, 0.2) is 30.3 Å². The molecule has 1 fully saturated rings. The molecule has 1 aromatic carbocycles. The third-order valence-electron chi connectivity index (χ3n) is 3.97. The number of aryl methyl sites for hydroxylation is 1. The first-order valence-corrected chi connectivity index (χ1v) is 6.71. The fourth-order valence-corrected chi connectivity index (χ4v) is 2.98. The molecular weight excluding hydrogens is 207 g/mol. The number of fused-ring (bicyclic) bond motifs is 1. The van der Waals surface area contributed by atoms with E-state index in [0.717, 1.165) is 5.52 Å². The summed E-state index contributed by atoms with van der Waals surface area (Å²) in [5, 5.41) is 1.30. The predicted octanol–water partition coefficient (Wildman–Crippen LogP) is 4.59. The molecule has 88 valence electrons. The van der Waals surface area contributed by atoms with Gasteiger partial charge in [0.1, 0.15) is 0 Å². The van der Waals surface area contributed by atoms with E-state index < -0.39 is 0 Å². The molecule has 1 saturated carbocycles. The quantitative estimate of drug-likeness (QED) is 0.693. The van der Waals surface area contributed by atoms with Crippen LogP contribution >= 0.6 is 0 Å². The SMILES string of the molecule is Cc1c[13c](C2CCCCC2)nc2ccccc12. The molecule has 1 aliphatic carbocycles. The molecule has 0 unspecified atom stereocenters. The smallest absolute Gasteiger partial charge is 0.0708 e. The third kappa shape index (κ3) is 2.06. The number of nitrogens with zero attached hydrogens (tertiary/aromatic N) is 1. The molecule has 1 heteroatoms. The fourth-order valence-electron chi connectivity index (χ4n) is 2.98. The molecule has 1 aliphatic rings. The molecule has 0 N–H and O–H groups in total. The van der Waals surface area contributed by atoms with Crippen molar-refractivity contribution in [3.63, 3.8) is 0 Å². The minimum Gasteiger partial charge on any atom is -0.253 e. The maximum absolute atomic E-state index is 4.86. The van der Waals surface area contributed by atoms with Gasteiger partial charge in [-0.25, -0.2) is 0 Å². The van der Waals surface area contributed by atoms with Gasteiger partial charge >= 0.3 is 0 Å². The summed E-state index contributed by atoms with van der Waals surface area (Å²) in [7, 11) is 0. The number of rotatable bonds is 1. The van der Waals surface area contributed by atoms with Gasteiger partial charge in [0.25, 0.3) is 0 Å². The van der Waals surface area contributed by atoms with E-state index in [1.165, 1.54) is 48.7 Å². The molecule has 0 amide bonds. The zero-order valence-electron chi connectivity index (χ0n) is 10.4. The second kappa shape index (κ2) is 4.48. The van der Waals surface area contributed by atoms with Crippen LogP contribution in [0, 0.1) is 6.92 Å². The highest BCUT2D eigenvalue weighted by molar-refractivity contribution is 5.82. The highest BCUT2D eigenvalue weighted by Crippen LogP contribution is 2.33. The normalized spacial score (nSPS) is 17.5. The van der Waals surface area contributed by atoms with E-state index in [0.29, 0.717) is 5.92 Å². The van der Waals surface area contributed by atoms with E-state index in [4.69, 9.17) is 4.98 Å². The van der Waals surface area contributed by atoms with Crippen molar-refractivity contribution in [1.29, 1.82) is 0 Å². The van der Waals surface area contributed by atoms with E-state index in [1.54, 1.807) is 0 Å². The predicted molar refractivity (Wildman–Crippen MR) is 72.3 cm³/mol. The van der Waals surface area contributed by atoms with Crippen LogP contribution in [0.1, 0.15) is 49.3 Å². The Labute approximate surface area is 103 Å². The zero-order valence-corrected chi connectivity index (χ0v) is 10.4. The van der Waals surface area contributed by atoms with E-state index in [-0.39, 0.29) is 0 Å². The maximum atomic E-state index is 4.86. The molecule has 1 heterocycles. The van der Waals surface area contributed by atoms with Crippen molar-refractivity contribution in [3.8, 4) is 0 Å². The molecular formula is C16H19N. The first-order valence-electron chi connectivity index (χ1n) is 6.71. The molecule has 1 nitrogen and oxygen atoms in total. The van der Waals surface area contributed by atoms with Crippen molar-refractivity contribution >= 4 is 10.9 Å². The Kier molecular flexibility index (Phi) is 2.84. The van der Waals surface area contributed by atoms with E-state index >= 15 is 0 Å². The van der Waals surface area contributed by atoms with E-state index in [1.807, 2.05) is 0 Å². The van der Waals surface area contributed by atoms with E-state index in [2.05, 4.69) is 37.3 Å². The zero-order chi connectivity index (χ0) is 11.7. The third-order valence-corrected chi connectivity index (χ3v) is 3.97. The summed E-state index contributed by atoms with van der Waals surface area (Å²) in [5.41, 5.74) is 3.85. The molecule has 3 rings (SSSR count). The minimum absolute atomic E-state index is 0.701. The van der Waals surface area contributed by atoms with Crippen molar-refractivity contribution in [2.45, 2.75) is 44.9 Å². The summed E-state index contributed by atoms with van der Waals surface area (Å²) in [6, 6.07) is 10.8. The molecule has 0 radical (unpaired) electrons. The topological polar surface area (TPSA) is 12.9 Å². The number of pyridine rings is 1. The van der Waals surface area contributed by atoms with Gasteiger partial charge in [-0.15, -0.1) is 0 Å². The maximum Gasteiger partial charge on any atom is 0.0708 e. The molecule has 0 atom stereocenters. The van der Waals surface area contributed by atoms with Crippen molar-refractivity contribution in [1.82, 2.24) is 4.98 Å². The molecule has 2 aromatic rings. The van der Waals surface area contributed by atoms with Gasteiger partial charge in [0.05, 0.1) is 5.52 Å². The average molecular weight is 226 g/mol. The Morgan fingerprint density at radius 3 is 2.65 bits per heavy atom. The van der Waals surface area contributed by atoms with Crippen LogP contribution in [0.2, 0.25) is 0 Å². The van der Waals surface area contributed by atoms with Gasteiger partial charge in [-0.1, -0.05) is 37.5 Å². The summed E-state index contributed by atoms with van der Waals surface area (Å²) < 4.78 is 0. The van der Waals surface area contributed by atoms with Crippen molar-refractivity contribution in [2.24, 2.45) is 0 Å². The van der Waals surface area contributed by atoms with Crippen LogP contribution in [0.4, 0.5) is 0 Å². The second-order valence-electron chi connectivity index (χ2n) is 5.22. The second-order valence-corrected chi connectivity index (χ2v) is 5.22.